The third-order valence-corrected chi connectivity index (χ3v) is 5.83. The highest BCUT2D eigenvalue weighted by atomic mass is 32.2. The Bertz CT molecular complexity index is 921. The molecule has 1 fully saturated rings. The van der Waals surface area contributed by atoms with Crippen LogP contribution in [0.1, 0.15) is 6.92 Å². The third-order valence-electron chi connectivity index (χ3n) is 4.88. The summed E-state index contributed by atoms with van der Waals surface area (Å²) in [6, 6.07) is 11.8. The zero-order valence-electron chi connectivity index (χ0n) is 15.5. The molecule has 2 heterocycles. The van der Waals surface area contributed by atoms with Gasteiger partial charge in [0.15, 0.2) is 11.0 Å². The second kappa shape index (κ2) is 8.29. The average molecular weight is 385 g/mol. The summed E-state index contributed by atoms with van der Waals surface area (Å²) in [5.74, 6) is 1.91. The van der Waals surface area contributed by atoms with E-state index in [1.165, 1.54) is 0 Å². The molecule has 1 aliphatic rings. The molecule has 142 valence electrons. The van der Waals surface area contributed by atoms with Gasteiger partial charge >= 0.3 is 0 Å². The number of rotatable bonds is 6. The first kappa shape index (κ1) is 18.3. The van der Waals surface area contributed by atoms with Crippen LogP contribution in [0.3, 0.4) is 0 Å². The van der Waals surface area contributed by atoms with E-state index < -0.39 is 0 Å². The van der Waals surface area contributed by atoms with Crippen LogP contribution in [0, 0.1) is 0 Å². The molecule has 1 N–H and O–H groups in total. The molecule has 0 saturated carbocycles. The van der Waals surface area contributed by atoms with E-state index in [1.54, 1.807) is 17.8 Å². The molecule has 27 heavy (non-hydrogen) atoms. The Labute approximate surface area is 163 Å². The number of ether oxygens (including phenoxy) is 1. The van der Waals surface area contributed by atoms with Crippen molar-refractivity contribution in [2.75, 3.05) is 38.6 Å². The number of fused-ring (bicyclic) bond motifs is 1. The SMILES string of the molecule is CCn1c(SCCN2CCOCC2)nnc1-c1cc2ccccc2cc1O. The van der Waals surface area contributed by atoms with Crippen LogP contribution < -0.4 is 0 Å². The Morgan fingerprint density at radius 2 is 1.85 bits per heavy atom. The molecular weight excluding hydrogens is 360 g/mol. The van der Waals surface area contributed by atoms with Crippen LogP contribution in [0.25, 0.3) is 22.2 Å². The maximum Gasteiger partial charge on any atom is 0.191 e. The van der Waals surface area contributed by atoms with Gasteiger partial charge in [0.1, 0.15) is 5.75 Å². The lowest BCUT2D eigenvalue weighted by Gasteiger charge is -2.26. The summed E-state index contributed by atoms with van der Waals surface area (Å²) >= 11 is 1.72. The van der Waals surface area contributed by atoms with Crippen molar-refractivity contribution in [2.45, 2.75) is 18.6 Å². The van der Waals surface area contributed by atoms with Crippen LogP contribution in [0.4, 0.5) is 0 Å². The van der Waals surface area contributed by atoms with E-state index in [9.17, 15) is 5.11 Å². The number of benzene rings is 2. The van der Waals surface area contributed by atoms with Crippen LogP contribution in [-0.4, -0.2) is 63.4 Å². The fourth-order valence-corrected chi connectivity index (χ4v) is 4.38. The normalized spacial score (nSPS) is 15.4. The van der Waals surface area contributed by atoms with E-state index in [1.807, 2.05) is 30.3 Å². The molecule has 0 unspecified atom stereocenters. The minimum Gasteiger partial charge on any atom is -0.507 e. The molecule has 6 nitrogen and oxygen atoms in total. The smallest absolute Gasteiger partial charge is 0.191 e. The zero-order chi connectivity index (χ0) is 18.6. The number of nitrogens with zero attached hydrogens (tertiary/aromatic N) is 4. The highest BCUT2D eigenvalue weighted by Crippen LogP contribution is 2.34. The van der Waals surface area contributed by atoms with Crippen molar-refractivity contribution in [3.63, 3.8) is 0 Å². The fraction of sp³-hybridized carbons (Fsp3) is 0.400. The monoisotopic (exact) mass is 384 g/mol. The van der Waals surface area contributed by atoms with E-state index in [2.05, 4.69) is 26.6 Å². The molecule has 0 amide bonds. The van der Waals surface area contributed by atoms with Crippen molar-refractivity contribution in [2.24, 2.45) is 0 Å². The van der Waals surface area contributed by atoms with Crippen LogP contribution in [0.5, 0.6) is 5.75 Å². The number of aromatic hydroxyl groups is 1. The van der Waals surface area contributed by atoms with Gasteiger partial charge in [0.25, 0.3) is 0 Å². The highest BCUT2D eigenvalue weighted by Gasteiger charge is 2.17. The van der Waals surface area contributed by atoms with Gasteiger partial charge in [0.2, 0.25) is 0 Å². The number of hydrogen-bond acceptors (Lipinski definition) is 6. The molecule has 1 aromatic heterocycles. The maximum absolute atomic E-state index is 10.5. The largest absolute Gasteiger partial charge is 0.507 e. The quantitative estimate of drug-likeness (QED) is 0.658. The second-order valence-electron chi connectivity index (χ2n) is 6.57. The zero-order valence-corrected chi connectivity index (χ0v) is 16.3. The lowest BCUT2D eigenvalue weighted by molar-refractivity contribution is 0.0410. The van der Waals surface area contributed by atoms with Crippen molar-refractivity contribution < 1.29 is 9.84 Å². The van der Waals surface area contributed by atoms with Crippen molar-refractivity contribution in [3.8, 4) is 17.1 Å². The summed E-state index contributed by atoms with van der Waals surface area (Å²) in [6.07, 6.45) is 0. The fourth-order valence-electron chi connectivity index (χ4n) is 3.38. The van der Waals surface area contributed by atoms with Crippen molar-refractivity contribution in [1.29, 1.82) is 0 Å². The van der Waals surface area contributed by atoms with Crippen molar-refractivity contribution >= 4 is 22.5 Å². The van der Waals surface area contributed by atoms with Gasteiger partial charge in [0.05, 0.1) is 18.8 Å². The predicted molar refractivity (Wildman–Crippen MR) is 108 cm³/mol. The lowest BCUT2D eigenvalue weighted by atomic mass is 10.1. The first-order valence-electron chi connectivity index (χ1n) is 9.34. The van der Waals surface area contributed by atoms with Gasteiger partial charge in [-0.05, 0) is 29.8 Å². The highest BCUT2D eigenvalue weighted by molar-refractivity contribution is 7.99. The standard InChI is InChI=1S/C20H24N4O2S/c1-2-24-19(17-13-15-5-3-4-6-16(15)14-18(17)25)21-22-20(24)27-12-9-23-7-10-26-11-8-23/h3-6,13-14,25H,2,7-12H2,1H3. The Morgan fingerprint density at radius 1 is 1.11 bits per heavy atom. The Morgan fingerprint density at radius 3 is 2.59 bits per heavy atom. The third kappa shape index (κ3) is 3.95. The van der Waals surface area contributed by atoms with Gasteiger partial charge in [-0.3, -0.25) is 4.90 Å². The molecule has 0 atom stereocenters. The van der Waals surface area contributed by atoms with E-state index in [0.717, 1.165) is 72.5 Å². The number of phenols is 1. The average Bonchev–Trinajstić information content (AvgIpc) is 3.11. The molecule has 0 spiro atoms. The molecule has 1 saturated heterocycles. The van der Waals surface area contributed by atoms with Gasteiger partial charge < -0.3 is 14.4 Å². The van der Waals surface area contributed by atoms with Gasteiger partial charge in [-0.15, -0.1) is 10.2 Å². The van der Waals surface area contributed by atoms with Crippen LogP contribution in [-0.2, 0) is 11.3 Å². The number of phenolic OH excluding ortho intramolecular Hbond substituents is 1. The maximum atomic E-state index is 10.5. The van der Waals surface area contributed by atoms with Crippen molar-refractivity contribution in [1.82, 2.24) is 19.7 Å². The summed E-state index contributed by atoms with van der Waals surface area (Å²) in [5.41, 5.74) is 0.725. The first-order valence-corrected chi connectivity index (χ1v) is 10.3. The van der Waals surface area contributed by atoms with E-state index in [-0.39, 0.29) is 5.75 Å². The topological polar surface area (TPSA) is 63.4 Å². The van der Waals surface area contributed by atoms with E-state index >= 15 is 0 Å². The first-order chi connectivity index (χ1) is 13.3. The Hall–Kier alpha value is -2.09. The van der Waals surface area contributed by atoms with Gasteiger partial charge in [-0.1, -0.05) is 36.0 Å². The molecule has 0 aliphatic carbocycles. The summed E-state index contributed by atoms with van der Waals surface area (Å²) < 4.78 is 7.47. The lowest BCUT2D eigenvalue weighted by Crippen LogP contribution is -2.37. The molecule has 4 rings (SSSR count). The Kier molecular flexibility index (Phi) is 5.61. The Balaban J connectivity index is 1.54. The van der Waals surface area contributed by atoms with E-state index in [0.29, 0.717) is 0 Å². The van der Waals surface area contributed by atoms with Crippen LogP contribution in [0.15, 0.2) is 41.6 Å². The summed E-state index contributed by atoms with van der Waals surface area (Å²) in [4.78, 5) is 2.42. The van der Waals surface area contributed by atoms with Gasteiger partial charge in [0, 0.05) is 31.9 Å². The number of aromatic nitrogens is 3. The predicted octanol–water partition coefficient (Wildman–Crippen LogP) is 3.25. The summed E-state index contributed by atoms with van der Waals surface area (Å²) in [6.45, 7) is 7.49. The second-order valence-corrected chi connectivity index (χ2v) is 7.63. The van der Waals surface area contributed by atoms with Gasteiger partial charge in [-0.25, -0.2) is 0 Å². The van der Waals surface area contributed by atoms with E-state index in [4.69, 9.17) is 4.74 Å². The molecule has 7 heteroatoms. The molecular formula is C20H24N4O2S. The van der Waals surface area contributed by atoms with Crippen LogP contribution >= 0.6 is 11.8 Å². The molecule has 0 radical (unpaired) electrons. The summed E-state index contributed by atoms with van der Waals surface area (Å²) in [5, 5.41) is 22.3. The number of hydrogen-bond donors (Lipinski definition) is 1. The molecule has 0 bridgehead atoms. The molecule has 2 aromatic carbocycles. The molecule has 1 aliphatic heterocycles. The van der Waals surface area contributed by atoms with Crippen LogP contribution in [0.2, 0.25) is 0 Å². The van der Waals surface area contributed by atoms with Crippen molar-refractivity contribution in [3.05, 3.63) is 36.4 Å². The summed E-state index contributed by atoms with van der Waals surface area (Å²) in [7, 11) is 0. The minimum absolute atomic E-state index is 0.237. The number of morpholine rings is 1. The molecule has 3 aromatic rings. The van der Waals surface area contributed by atoms with Gasteiger partial charge in [-0.2, -0.15) is 0 Å². The number of thioether (sulfide) groups is 1. The minimum atomic E-state index is 0.237.